The lowest BCUT2D eigenvalue weighted by Crippen LogP contribution is -2.43. The summed E-state index contributed by atoms with van der Waals surface area (Å²) in [5, 5.41) is 0. The third-order valence-corrected chi connectivity index (χ3v) is 4.15. The van der Waals surface area contributed by atoms with Gasteiger partial charge in [0.15, 0.2) is 0 Å². The summed E-state index contributed by atoms with van der Waals surface area (Å²) < 4.78 is 5.03. The molecule has 0 saturated carbocycles. The van der Waals surface area contributed by atoms with Gasteiger partial charge in [-0.2, -0.15) is 0 Å². The van der Waals surface area contributed by atoms with E-state index in [1.54, 1.807) is 29.2 Å². The molecule has 1 atom stereocenters. The van der Waals surface area contributed by atoms with Gasteiger partial charge in [-0.15, -0.1) is 0 Å². The van der Waals surface area contributed by atoms with Gasteiger partial charge in [0.2, 0.25) is 17.7 Å². The van der Waals surface area contributed by atoms with Crippen LogP contribution in [0.25, 0.3) is 0 Å². The zero-order valence-electron chi connectivity index (χ0n) is 12.1. The van der Waals surface area contributed by atoms with Crippen LogP contribution in [0.4, 0.5) is 0 Å². The molecule has 2 aliphatic rings. The van der Waals surface area contributed by atoms with E-state index in [0.29, 0.717) is 31.9 Å². The summed E-state index contributed by atoms with van der Waals surface area (Å²) in [6, 6.07) is 3.43. The van der Waals surface area contributed by atoms with Crippen LogP contribution in [0.3, 0.4) is 0 Å². The maximum atomic E-state index is 12.6. The Hall–Kier alpha value is -2.11. The molecule has 2 aliphatic heterocycles. The fourth-order valence-electron chi connectivity index (χ4n) is 3.02. The fraction of sp³-hybridized carbons (Fsp3) is 0.533. The Morgan fingerprint density at radius 1 is 1.33 bits per heavy atom. The largest absolute Gasteiger partial charge is 0.481 e. The van der Waals surface area contributed by atoms with Crippen LogP contribution >= 0.6 is 0 Å². The van der Waals surface area contributed by atoms with Crippen molar-refractivity contribution < 1.29 is 14.3 Å². The molecular formula is C15H19N3O3. The number of nitrogens with zero attached hydrogens (tertiary/aromatic N) is 3. The van der Waals surface area contributed by atoms with Crippen LogP contribution < -0.4 is 4.74 Å². The molecule has 2 amide bonds. The molecule has 2 fully saturated rings. The second-order valence-electron chi connectivity index (χ2n) is 5.46. The SMILES string of the molecule is COc1ccc(CN2CCC(=O)N3CCCC3C2=O)cn1. The van der Waals surface area contributed by atoms with E-state index in [1.807, 2.05) is 6.07 Å². The van der Waals surface area contributed by atoms with Crippen LogP contribution in [0.5, 0.6) is 5.88 Å². The summed E-state index contributed by atoms with van der Waals surface area (Å²) in [5.41, 5.74) is 0.947. The lowest BCUT2D eigenvalue weighted by molar-refractivity contribution is -0.139. The number of amides is 2. The highest BCUT2D eigenvalue weighted by atomic mass is 16.5. The van der Waals surface area contributed by atoms with Gasteiger partial charge in [-0.05, 0) is 18.4 Å². The van der Waals surface area contributed by atoms with E-state index in [4.69, 9.17) is 4.74 Å². The molecule has 112 valence electrons. The summed E-state index contributed by atoms with van der Waals surface area (Å²) in [6.07, 6.45) is 3.82. The van der Waals surface area contributed by atoms with E-state index in [0.717, 1.165) is 18.4 Å². The van der Waals surface area contributed by atoms with E-state index in [-0.39, 0.29) is 17.9 Å². The molecule has 21 heavy (non-hydrogen) atoms. The van der Waals surface area contributed by atoms with E-state index in [2.05, 4.69) is 4.98 Å². The molecule has 0 spiro atoms. The van der Waals surface area contributed by atoms with Crippen molar-refractivity contribution >= 4 is 11.8 Å². The number of rotatable bonds is 3. The molecular weight excluding hydrogens is 270 g/mol. The van der Waals surface area contributed by atoms with Crippen molar-refractivity contribution in [3.63, 3.8) is 0 Å². The van der Waals surface area contributed by atoms with Crippen molar-refractivity contribution in [1.82, 2.24) is 14.8 Å². The molecule has 0 aliphatic carbocycles. The molecule has 0 radical (unpaired) electrons. The molecule has 3 heterocycles. The van der Waals surface area contributed by atoms with Gasteiger partial charge in [0.25, 0.3) is 0 Å². The number of hydrogen-bond acceptors (Lipinski definition) is 4. The predicted octanol–water partition coefficient (Wildman–Crippen LogP) is 0.813. The normalized spacial score (nSPS) is 22.2. The average Bonchev–Trinajstić information content (AvgIpc) is 2.97. The first-order chi connectivity index (χ1) is 10.2. The highest BCUT2D eigenvalue weighted by Gasteiger charge is 2.39. The molecule has 6 nitrogen and oxygen atoms in total. The standard InChI is InChI=1S/C15H19N3O3/c1-21-13-5-4-11(9-16-13)10-17-8-6-14(19)18-7-2-3-12(18)15(17)20/h4-5,9,12H,2-3,6-8,10H2,1H3. The highest BCUT2D eigenvalue weighted by molar-refractivity contribution is 5.90. The van der Waals surface area contributed by atoms with Gasteiger partial charge < -0.3 is 14.5 Å². The molecule has 6 heteroatoms. The van der Waals surface area contributed by atoms with Crippen molar-refractivity contribution in [2.24, 2.45) is 0 Å². The van der Waals surface area contributed by atoms with Gasteiger partial charge in [0, 0.05) is 38.3 Å². The molecule has 1 unspecified atom stereocenters. The summed E-state index contributed by atoms with van der Waals surface area (Å²) in [7, 11) is 1.57. The summed E-state index contributed by atoms with van der Waals surface area (Å²) in [6.45, 7) is 1.69. The minimum Gasteiger partial charge on any atom is -0.481 e. The number of carbonyl (C=O) groups is 2. The highest BCUT2D eigenvalue weighted by Crippen LogP contribution is 2.24. The molecule has 1 aromatic heterocycles. The maximum Gasteiger partial charge on any atom is 0.245 e. The van der Waals surface area contributed by atoms with Crippen LogP contribution in [0, 0.1) is 0 Å². The van der Waals surface area contributed by atoms with Crippen LogP contribution in [0.1, 0.15) is 24.8 Å². The van der Waals surface area contributed by atoms with Crippen LogP contribution in [0.2, 0.25) is 0 Å². The Kier molecular flexibility index (Phi) is 3.77. The van der Waals surface area contributed by atoms with Crippen LogP contribution in [-0.4, -0.2) is 52.8 Å². The molecule has 0 bridgehead atoms. The molecule has 3 rings (SSSR count). The van der Waals surface area contributed by atoms with Crippen molar-refractivity contribution in [2.45, 2.75) is 31.8 Å². The smallest absolute Gasteiger partial charge is 0.245 e. The lowest BCUT2D eigenvalue weighted by Gasteiger charge is -2.25. The number of aromatic nitrogens is 1. The number of fused-ring (bicyclic) bond motifs is 1. The summed E-state index contributed by atoms with van der Waals surface area (Å²) in [5.74, 6) is 0.716. The second kappa shape index (κ2) is 5.71. The van der Waals surface area contributed by atoms with E-state index in [9.17, 15) is 9.59 Å². The van der Waals surface area contributed by atoms with Crippen LogP contribution in [-0.2, 0) is 16.1 Å². The number of hydrogen-bond donors (Lipinski definition) is 0. The fourth-order valence-corrected chi connectivity index (χ4v) is 3.02. The zero-order valence-corrected chi connectivity index (χ0v) is 12.1. The quantitative estimate of drug-likeness (QED) is 0.826. The Bertz CT molecular complexity index is 544. The number of pyridine rings is 1. The average molecular weight is 289 g/mol. The third kappa shape index (κ3) is 2.70. The van der Waals surface area contributed by atoms with Crippen LogP contribution in [0.15, 0.2) is 18.3 Å². The van der Waals surface area contributed by atoms with Crippen molar-refractivity contribution in [3.8, 4) is 5.88 Å². The molecule has 0 N–H and O–H groups in total. The Morgan fingerprint density at radius 2 is 2.19 bits per heavy atom. The van der Waals surface area contributed by atoms with Crippen molar-refractivity contribution in [2.75, 3.05) is 20.2 Å². The number of ether oxygens (including phenoxy) is 1. The number of carbonyl (C=O) groups excluding carboxylic acids is 2. The molecule has 2 saturated heterocycles. The lowest BCUT2D eigenvalue weighted by atomic mass is 10.2. The van der Waals surface area contributed by atoms with Gasteiger partial charge in [-0.3, -0.25) is 9.59 Å². The van der Waals surface area contributed by atoms with Gasteiger partial charge in [-0.1, -0.05) is 6.07 Å². The van der Waals surface area contributed by atoms with Gasteiger partial charge in [0.1, 0.15) is 6.04 Å². The third-order valence-electron chi connectivity index (χ3n) is 4.15. The molecule has 0 aromatic carbocycles. The first-order valence-electron chi connectivity index (χ1n) is 7.26. The van der Waals surface area contributed by atoms with E-state index in [1.165, 1.54) is 0 Å². The first kappa shape index (κ1) is 13.9. The Morgan fingerprint density at radius 3 is 2.90 bits per heavy atom. The summed E-state index contributed by atoms with van der Waals surface area (Å²) in [4.78, 5) is 32.3. The van der Waals surface area contributed by atoms with Gasteiger partial charge in [-0.25, -0.2) is 4.98 Å². The van der Waals surface area contributed by atoms with Gasteiger partial charge >= 0.3 is 0 Å². The Labute approximate surface area is 123 Å². The molecule has 1 aromatic rings. The zero-order chi connectivity index (χ0) is 14.8. The summed E-state index contributed by atoms with van der Waals surface area (Å²) >= 11 is 0. The second-order valence-corrected chi connectivity index (χ2v) is 5.46. The van der Waals surface area contributed by atoms with E-state index >= 15 is 0 Å². The first-order valence-corrected chi connectivity index (χ1v) is 7.26. The maximum absolute atomic E-state index is 12.6. The number of methoxy groups -OCH3 is 1. The minimum absolute atomic E-state index is 0.0640. The minimum atomic E-state index is -0.258. The predicted molar refractivity (Wildman–Crippen MR) is 75.6 cm³/mol. The Balaban J connectivity index is 1.74. The van der Waals surface area contributed by atoms with Gasteiger partial charge in [0.05, 0.1) is 7.11 Å². The van der Waals surface area contributed by atoms with E-state index < -0.39 is 0 Å². The topological polar surface area (TPSA) is 62.7 Å². The van der Waals surface area contributed by atoms with Crippen molar-refractivity contribution in [1.29, 1.82) is 0 Å². The van der Waals surface area contributed by atoms with Crippen molar-refractivity contribution in [3.05, 3.63) is 23.9 Å². The monoisotopic (exact) mass is 289 g/mol.